The lowest BCUT2D eigenvalue weighted by Gasteiger charge is -2.12. The first-order chi connectivity index (χ1) is 11.8. The topological polar surface area (TPSA) is 152 Å². The first-order valence-corrected chi connectivity index (χ1v) is 7.25. The highest BCUT2D eigenvalue weighted by Gasteiger charge is 2.25. The Balaban J connectivity index is 2.45. The van der Waals surface area contributed by atoms with Gasteiger partial charge in [0.25, 0.3) is 0 Å². The van der Waals surface area contributed by atoms with Crippen molar-refractivity contribution in [1.29, 1.82) is 0 Å². The van der Waals surface area contributed by atoms with E-state index in [2.05, 4.69) is 0 Å². The van der Waals surface area contributed by atoms with E-state index < -0.39 is 56.7 Å². The number of hydrogen-bond donors (Lipinski definition) is 6. The van der Waals surface area contributed by atoms with Gasteiger partial charge in [-0.05, 0) is 24.6 Å². The number of benzene rings is 2. The van der Waals surface area contributed by atoms with Crippen LogP contribution in [0.5, 0.6) is 34.5 Å². The molecule has 0 aliphatic carbocycles. The van der Waals surface area contributed by atoms with Crippen molar-refractivity contribution in [3.63, 3.8) is 0 Å². The Bertz CT molecular complexity index is 1060. The van der Waals surface area contributed by atoms with E-state index >= 15 is 0 Å². The molecule has 1 heterocycles. The Labute approximate surface area is 140 Å². The van der Waals surface area contributed by atoms with Gasteiger partial charge in [0, 0.05) is 11.1 Å². The number of aromatic hydroxyl groups is 6. The number of phenolic OH excluding ortho intramolecular Hbond substituents is 5. The molecule has 3 rings (SSSR count). The average Bonchev–Trinajstić information content (AvgIpc) is 2.58. The third-order valence-corrected chi connectivity index (χ3v) is 3.93. The molecule has 3 aromatic rings. The first-order valence-electron chi connectivity index (χ1n) is 7.25. The van der Waals surface area contributed by atoms with Crippen LogP contribution in [0, 0.1) is 0 Å². The molecule has 2 aromatic carbocycles. The van der Waals surface area contributed by atoms with Gasteiger partial charge in [0.15, 0.2) is 28.6 Å². The molecule has 130 valence electrons. The van der Waals surface area contributed by atoms with Crippen LogP contribution >= 0.6 is 0 Å². The van der Waals surface area contributed by atoms with Crippen LogP contribution < -0.4 is 5.43 Å². The first kappa shape index (κ1) is 16.3. The molecule has 6 N–H and O–H groups in total. The molecule has 0 saturated carbocycles. The van der Waals surface area contributed by atoms with Crippen molar-refractivity contribution in [3.8, 4) is 45.8 Å². The second kappa shape index (κ2) is 5.52. The summed E-state index contributed by atoms with van der Waals surface area (Å²) in [6, 6.07) is 3.41. The highest BCUT2D eigenvalue weighted by molar-refractivity contribution is 5.94. The van der Waals surface area contributed by atoms with Crippen LogP contribution in [0.2, 0.25) is 0 Å². The van der Waals surface area contributed by atoms with E-state index in [-0.39, 0.29) is 17.5 Å². The van der Waals surface area contributed by atoms with Crippen LogP contribution in [-0.2, 0) is 6.42 Å². The Morgan fingerprint density at radius 1 is 0.880 bits per heavy atom. The number of phenols is 5. The van der Waals surface area contributed by atoms with E-state index in [1.165, 1.54) is 6.07 Å². The molecule has 0 bridgehead atoms. The lowest BCUT2D eigenvalue weighted by Crippen LogP contribution is -2.04. The summed E-state index contributed by atoms with van der Waals surface area (Å²) in [6.07, 6.45) is 0.120. The minimum absolute atomic E-state index is 0.0322. The molecule has 25 heavy (non-hydrogen) atoms. The van der Waals surface area contributed by atoms with Crippen LogP contribution in [-0.4, -0.2) is 30.6 Å². The zero-order valence-electron chi connectivity index (χ0n) is 12.9. The lowest BCUT2D eigenvalue weighted by atomic mass is 10.0. The molecule has 0 fully saturated rings. The smallest absolute Gasteiger partial charge is 0.238 e. The van der Waals surface area contributed by atoms with Gasteiger partial charge in [-0.2, -0.15) is 0 Å². The summed E-state index contributed by atoms with van der Waals surface area (Å²) >= 11 is 0. The van der Waals surface area contributed by atoms with Crippen LogP contribution in [0.15, 0.2) is 27.4 Å². The molecular formula is C17H14O8. The molecule has 8 heteroatoms. The number of rotatable bonds is 2. The Morgan fingerprint density at radius 2 is 1.56 bits per heavy atom. The molecule has 0 saturated heterocycles. The van der Waals surface area contributed by atoms with Crippen LogP contribution in [0.25, 0.3) is 22.3 Å². The van der Waals surface area contributed by atoms with Gasteiger partial charge in [-0.1, -0.05) is 6.92 Å². The highest BCUT2D eigenvalue weighted by atomic mass is 16.4. The zero-order chi connectivity index (χ0) is 18.5. The largest absolute Gasteiger partial charge is 0.507 e. The Kier molecular flexibility index (Phi) is 3.60. The monoisotopic (exact) mass is 346 g/mol. The SMILES string of the molecule is CCc1c(O)c(O)c2oc(-c3ccc(O)c(O)c3)c(O)c(=O)c2c1O. The fourth-order valence-electron chi connectivity index (χ4n) is 2.62. The zero-order valence-corrected chi connectivity index (χ0v) is 12.9. The van der Waals surface area contributed by atoms with Crippen molar-refractivity contribution < 1.29 is 35.1 Å². The summed E-state index contributed by atoms with van der Waals surface area (Å²) in [5, 5.41) is 58.9. The molecule has 0 spiro atoms. The van der Waals surface area contributed by atoms with Crippen molar-refractivity contribution >= 4 is 11.0 Å². The maximum absolute atomic E-state index is 12.5. The number of hydrogen-bond acceptors (Lipinski definition) is 8. The predicted octanol–water partition coefficient (Wildman–Crippen LogP) is 2.26. The molecule has 1 aromatic heterocycles. The molecule has 0 amide bonds. The van der Waals surface area contributed by atoms with Gasteiger partial charge in [-0.25, -0.2) is 0 Å². The summed E-state index contributed by atoms with van der Waals surface area (Å²) in [5.41, 5.74) is -1.57. The summed E-state index contributed by atoms with van der Waals surface area (Å²) in [5.74, 6) is -4.21. The van der Waals surface area contributed by atoms with Crippen molar-refractivity contribution in [1.82, 2.24) is 0 Å². The molecule has 0 aliphatic heterocycles. The average molecular weight is 346 g/mol. The Morgan fingerprint density at radius 3 is 2.16 bits per heavy atom. The minimum Gasteiger partial charge on any atom is -0.507 e. The maximum atomic E-state index is 12.5. The normalized spacial score (nSPS) is 11.1. The summed E-state index contributed by atoms with van der Waals surface area (Å²) in [4.78, 5) is 12.5. The van der Waals surface area contributed by atoms with Gasteiger partial charge in [0.05, 0.1) is 0 Å². The van der Waals surface area contributed by atoms with Crippen LogP contribution in [0.1, 0.15) is 12.5 Å². The van der Waals surface area contributed by atoms with E-state index in [1.54, 1.807) is 6.92 Å². The predicted molar refractivity (Wildman–Crippen MR) is 87.3 cm³/mol. The fraction of sp³-hybridized carbons (Fsp3) is 0.118. The van der Waals surface area contributed by atoms with E-state index in [0.717, 1.165) is 12.1 Å². The third kappa shape index (κ3) is 2.26. The second-order valence-corrected chi connectivity index (χ2v) is 5.39. The third-order valence-electron chi connectivity index (χ3n) is 3.93. The van der Waals surface area contributed by atoms with Crippen molar-refractivity contribution in [2.45, 2.75) is 13.3 Å². The Hall–Kier alpha value is -3.55. The molecule has 0 unspecified atom stereocenters. The van der Waals surface area contributed by atoms with Gasteiger partial charge >= 0.3 is 0 Å². The molecule has 8 nitrogen and oxygen atoms in total. The van der Waals surface area contributed by atoms with Crippen molar-refractivity contribution in [3.05, 3.63) is 34.0 Å². The van der Waals surface area contributed by atoms with Crippen molar-refractivity contribution in [2.75, 3.05) is 0 Å². The number of fused-ring (bicyclic) bond motifs is 1. The van der Waals surface area contributed by atoms with Gasteiger partial charge in [0.2, 0.25) is 16.9 Å². The summed E-state index contributed by atoms with van der Waals surface area (Å²) in [7, 11) is 0. The van der Waals surface area contributed by atoms with E-state index in [1.807, 2.05) is 0 Å². The molecule has 0 atom stereocenters. The van der Waals surface area contributed by atoms with Gasteiger partial charge in [0.1, 0.15) is 11.1 Å². The second-order valence-electron chi connectivity index (χ2n) is 5.39. The molecular weight excluding hydrogens is 332 g/mol. The van der Waals surface area contributed by atoms with E-state index in [9.17, 15) is 35.4 Å². The molecule has 0 aliphatic rings. The fourth-order valence-corrected chi connectivity index (χ4v) is 2.62. The summed E-state index contributed by atoms with van der Waals surface area (Å²) in [6.45, 7) is 1.59. The van der Waals surface area contributed by atoms with Gasteiger partial charge in [-0.3, -0.25) is 4.79 Å². The highest BCUT2D eigenvalue weighted by Crippen LogP contribution is 2.45. The molecule has 0 radical (unpaired) electrons. The maximum Gasteiger partial charge on any atom is 0.238 e. The van der Waals surface area contributed by atoms with Crippen LogP contribution in [0.4, 0.5) is 0 Å². The minimum atomic E-state index is -1.02. The quantitative estimate of drug-likeness (QED) is 0.305. The van der Waals surface area contributed by atoms with Crippen LogP contribution in [0.3, 0.4) is 0 Å². The standard InChI is InChI=1S/C17H14O8/c1-2-7-11(20)10-13(22)15(24)16(25-17(10)14(23)12(7)21)6-3-4-8(18)9(19)5-6/h3-5,18-21,23-24H,2H2,1H3. The van der Waals surface area contributed by atoms with Crippen molar-refractivity contribution in [2.24, 2.45) is 0 Å². The van der Waals surface area contributed by atoms with Gasteiger partial charge in [-0.15, -0.1) is 0 Å². The van der Waals surface area contributed by atoms with E-state index in [4.69, 9.17) is 4.42 Å². The van der Waals surface area contributed by atoms with Gasteiger partial charge < -0.3 is 35.1 Å². The summed E-state index contributed by atoms with van der Waals surface area (Å²) < 4.78 is 5.33. The van der Waals surface area contributed by atoms with E-state index in [0.29, 0.717) is 0 Å². The lowest BCUT2D eigenvalue weighted by molar-refractivity contribution is 0.385.